The molecule has 0 spiro atoms. The maximum absolute atomic E-state index is 14.3. The van der Waals surface area contributed by atoms with E-state index in [1.807, 2.05) is 0 Å². The van der Waals surface area contributed by atoms with Crippen LogP contribution in [0.5, 0.6) is 0 Å². The number of nitrogens with zero attached hydrogens (tertiary/aromatic N) is 2. The number of anilines is 2. The molecule has 34 heavy (non-hydrogen) atoms. The molecule has 2 amide bonds. The molecular weight excluding hydrogens is 449 g/mol. The van der Waals surface area contributed by atoms with Crippen LogP contribution in [0, 0.1) is 30.3 Å². The van der Waals surface area contributed by atoms with Crippen molar-refractivity contribution in [2.75, 3.05) is 10.6 Å². The van der Waals surface area contributed by atoms with Crippen LogP contribution in [-0.4, -0.2) is 21.4 Å². The quantitative estimate of drug-likeness (QED) is 0.393. The number of carbonyl (C=O) groups is 2. The van der Waals surface area contributed by atoms with Crippen molar-refractivity contribution >= 4 is 34.2 Å². The largest absolute Gasteiger partial charge is 0.469 e. The summed E-state index contributed by atoms with van der Waals surface area (Å²) in [5.41, 5.74) is 0.825. The summed E-state index contributed by atoms with van der Waals surface area (Å²) in [6.45, 7) is 5.19. The molecule has 10 heteroatoms. The molecular formula is C24H21F3N4O3. The molecule has 176 valence electrons. The predicted molar refractivity (Wildman–Crippen MR) is 120 cm³/mol. The highest BCUT2D eigenvalue weighted by Crippen LogP contribution is 2.28. The van der Waals surface area contributed by atoms with Gasteiger partial charge in [-0.3, -0.25) is 9.59 Å². The van der Waals surface area contributed by atoms with Gasteiger partial charge < -0.3 is 19.6 Å². The van der Waals surface area contributed by atoms with Crippen molar-refractivity contribution in [2.45, 2.75) is 26.8 Å². The average Bonchev–Trinajstić information content (AvgIpc) is 3.37. The maximum atomic E-state index is 14.3. The third-order valence-electron chi connectivity index (χ3n) is 5.40. The average molecular weight is 470 g/mol. The van der Waals surface area contributed by atoms with Crippen LogP contribution in [0.25, 0.3) is 11.0 Å². The molecule has 0 saturated carbocycles. The molecule has 0 aliphatic heterocycles. The summed E-state index contributed by atoms with van der Waals surface area (Å²) in [6.07, 6.45) is 2.70. The second kappa shape index (κ2) is 9.05. The molecule has 2 aromatic heterocycles. The van der Waals surface area contributed by atoms with E-state index in [4.69, 9.17) is 4.42 Å². The smallest absolute Gasteiger partial charge is 0.259 e. The number of hydrogen-bond acceptors (Lipinski definition) is 4. The number of carbonyl (C=O) groups excluding carboxylic acids is 2. The van der Waals surface area contributed by atoms with E-state index in [1.165, 1.54) is 35.4 Å². The zero-order valence-electron chi connectivity index (χ0n) is 18.5. The van der Waals surface area contributed by atoms with E-state index in [2.05, 4.69) is 15.6 Å². The topological polar surface area (TPSA) is 89.2 Å². The van der Waals surface area contributed by atoms with E-state index in [9.17, 15) is 22.8 Å². The fraction of sp³-hybridized carbons (Fsp3) is 0.208. The number of rotatable bonds is 6. The molecule has 0 fully saturated rings. The molecule has 2 aromatic carbocycles. The molecule has 0 aliphatic carbocycles. The number of amides is 2. The molecule has 0 saturated heterocycles. The molecule has 0 aliphatic rings. The van der Waals surface area contributed by atoms with Crippen LogP contribution in [0.3, 0.4) is 0 Å². The van der Waals surface area contributed by atoms with Gasteiger partial charge in [0.05, 0.1) is 34.9 Å². The number of furan rings is 1. The number of halogens is 3. The highest BCUT2D eigenvalue weighted by atomic mass is 19.2. The standard InChI is InChI=1S/C24H21F3N4O3/c1-12(2)22(31-11-28-20-9-17(26)18(27)10-21(20)31)24(33)29-14-4-5-16(25)19(8-14)30-23(32)15-6-7-34-13(15)3/h4-12,22H,1-3H3,(H,29,33)(H,30,32)/t22-/m0/s1. The van der Waals surface area contributed by atoms with Crippen LogP contribution in [0.15, 0.2) is 53.4 Å². The van der Waals surface area contributed by atoms with Crippen molar-refractivity contribution in [3.05, 3.63) is 77.8 Å². The Hall–Kier alpha value is -4.08. The summed E-state index contributed by atoms with van der Waals surface area (Å²) in [5, 5.41) is 5.16. The summed E-state index contributed by atoms with van der Waals surface area (Å²) < 4.78 is 48.3. The molecule has 1 atom stereocenters. The van der Waals surface area contributed by atoms with E-state index >= 15 is 0 Å². The lowest BCUT2D eigenvalue weighted by Crippen LogP contribution is -2.29. The van der Waals surface area contributed by atoms with E-state index in [1.54, 1.807) is 20.8 Å². The highest BCUT2D eigenvalue weighted by Gasteiger charge is 2.27. The van der Waals surface area contributed by atoms with Crippen molar-refractivity contribution < 1.29 is 27.2 Å². The highest BCUT2D eigenvalue weighted by molar-refractivity contribution is 6.05. The zero-order chi connectivity index (χ0) is 24.6. The van der Waals surface area contributed by atoms with Gasteiger partial charge in [0.15, 0.2) is 11.6 Å². The molecule has 0 bridgehead atoms. The van der Waals surface area contributed by atoms with Gasteiger partial charge in [-0.2, -0.15) is 0 Å². The molecule has 4 aromatic rings. The van der Waals surface area contributed by atoms with Crippen LogP contribution in [0.2, 0.25) is 0 Å². The fourth-order valence-corrected chi connectivity index (χ4v) is 3.72. The fourth-order valence-electron chi connectivity index (χ4n) is 3.72. The predicted octanol–water partition coefficient (Wildman–Crippen LogP) is 5.44. The summed E-state index contributed by atoms with van der Waals surface area (Å²) >= 11 is 0. The first kappa shape index (κ1) is 23.1. The molecule has 7 nitrogen and oxygen atoms in total. The van der Waals surface area contributed by atoms with Gasteiger partial charge in [0.2, 0.25) is 5.91 Å². The van der Waals surface area contributed by atoms with Gasteiger partial charge in [-0.15, -0.1) is 0 Å². The Kier molecular flexibility index (Phi) is 6.14. The van der Waals surface area contributed by atoms with Gasteiger partial charge in [-0.1, -0.05) is 13.8 Å². The van der Waals surface area contributed by atoms with Crippen molar-refractivity contribution in [1.82, 2.24) is 9.55 Å². The van der Waals surface area contributed by atoms with E-state index in [-0.39, 0.29) is 33.9 Å². The summed E-state index contributed by atoms with van der Waals surface area (Å²) in [7, 11) is 0. The number of aryl methyl sites for hydroxylation is 1. The Morgan fingerprint density at radius 2 is 1.74 bits per heavy atom. The van der Waals surface area contributed by atoms with Crippen molar-refractivity contribution in [2.24, 2.45) is 5.92 Å². The monoisotopic (exact) mass is 470 g/mol. The Balaban J connectivity index is 1.60. The van der Waals surface area contributed by atoms with Gasteiger partial charge in [0.25, 0.3) is 5.91 Å². The van der Waals surface area contributed by atoms with Gasteiger partial charge in [-0.05, 0) is 37.1 Å². The number of nitrogens with one attached hydrogen (secondary N) is 2. The SMILES string of the molecule is Cc1occc1C(=O)Nc1cc(NC(=O)[C@H](C(C)C)n2cnc3cc(F)c(F)cc32)ccc1F. The molecule has 2 N–H and O–H groups in total. The normalized spacial score (nSPS) is 12.2. The summed E-state index contributed by atoms with van der Waals surface area (Å²) in [6, 6.07) is 6.35. The Bertz CT molecular complexity index is 1390. The number of hydrogen-bond donors (Lipinski definition) is 2. The van der Waals surface area contributed by atoms with Crippen LogP contribution in [0.1, 0.15) is 36.0 Å². The molecule has 0 unspecified atom stereocenters. The Labute approximate surface area is 192 Å². The lowest BCUT2D eigenvalue weighted by molar-refractivity contribution is -0.120. The van der Waals surface area contributed by atoms with Crippen LogP contribution >= 0.6 is 0 Å². The minimum absolute atomic E-state index is 0.130. The minimum atomic E-state index is -1.05. The molecule has 2 heterocycles. The molecule has 4 rings (SSSR count). The van der Waals surface area contributed by atoms with Gasteiger partial charge in [0.1, 0.15) is 17.6 Å². The zero-order valence-corrected chi connectivity index (χ0v) is 18.5. The first-order valence-electron chi connectivity index (χ1n) is 10.4. The van der Waals surface area contributed by atoms with E-state index in [0.717, 1.165) is 18.2 Å². The van der Waals surface area contributed by atoms with Gasteiger partial charge in [0, 0.05) is 17.8 Å². The van der Waals surface area contributed by atoms with Gasteiger partial charge >= 0.3 is 0 Å². The van der Waals surface area contributed by atoms with Crippen LogP contribution in [0.4, 0.5) is 24.5 Å². The van der Waals surface area contributed by atoms with Gasteiger partial charge in [-0.25, -0.2) is 18.2 Å². The van der Waals surface area contributed by atoms with Crippen molar-refractivity contribution in [3.8, 4) is 0 Å². The summed E-state index contributed by atoms with van der Waals surface area (Å²) in [5.74, 6) is -3.69. The van der Waals surface area contributed by atoms with Crippen molar-refractivity contribution in [1.29, 1.82) is 0 Å². The van der Waals surface area contributed by atoms with E-state index < -0.39 is 35.3 Å². The van der Waals surface area contributed by atoms with Crippen molar-refractivity contribution in [3.63, 3.8) is 0 Å². The third kappa shape index (κ3) is 4.39. The maximum Gasteiger partial charge on any atom is 0.259 e. The lowest BCUT2D eigenvalue weighted by atomic mass is 10.0. The minimum Gasteiger partial charge on any atom is -0.469 e. The number of aromatic nitrogens is 2. The first-order valence-corrected chi connectivity index (χ1v) is 10.4. The number of benzene rings is 2. The number of fused-ring (bicyclic) bond motifs is 1. The number of imidazole rings is 1. The third-order valence-corrected chi connectivity index (χ3v) is 5.40. The Morgan fingerprint density at radius 1 is 1.00 bits per heavy atom. The first-order chi connectivity index (χ1) is 16.2. The lowest BCUT2D eigenvalue weighted by Gasteiger charge is -2.23. The van der Waals surface area contributed by atoms with Crippen LogP contribution in [-0.2, 0) is 4.79 Å². The second-order valence-corrected chi connectivity index (χ2v) is 8.12. The van der Waals surface area contributed by atoms with Crippen LogP contribution < -0.4 is 10.6 Å². The second-order valence-electron chi connectivity index (χ2n) is 8.12. The summed E-state index contributed by atoms with van der Waals surface area (Å²) in [4.78, 5) is 29.7. The van der Waals surface area contributed by atoms with E-state index in [0.29, 0.717) is 5.76 Å². The Morgan fingerprint density at radius 3 is 2.41 bits per heavy atom. The molecule has 0 radical (unpaired) electrons.